The summed E-state index contributed by atoms with van der Waals surface area (Å²) in [4.78, 5) is 11.1. The Morgan fingerprint density at radius 1 is 1.20 bits per heavy atom. The molecule has 0 bridgehead atoms. The van der Waals surface area contributed by atoms with Crippen molar-refractivity contribution in [3.63, 3.8) is 0 Å². The lowest BCUT2D eigenvalue weighted by Crippen LogP contribution is -1.91. The van der Waals surface area contributed by atoms with Crippen molar-refractivity contribution in [3.8, 4) is 0 Å². The van der Waals surface area contributed by atoms with E-state index in [0.29, 0.717) is 4.88 Å². The standard InChI is InChI=1S/C12H10O2S/c13-12(14)11-7-10(8-15-11)6-9-4-2-1-3-5-9/h1-5,7-8H,6H2,(H,13,14). The average molecular weight is 218 g/mol. The molecule has 0 saturated heterocycles. The van der Waals surface area contributed by atoms with E-state index in [9.17, 15) is 4.79 Å². The molecular weight excluding hydrogens is 208 g/mol. The van der Waals surface area contributed by atoms with Crippen LogP contribution in [0.5, 0.6) is 0 Å². The van der Waals surface area contributed by atoms with Gasteiger partial charge in [0.05, 0.1) is 0 Å². The first kappa shape index (κ1) is 9.93. The van der Waals surface area contributed by atoms with Gasteiger partial charge in [0.25, 0.3) is 0 Å². The molecule has 1 aromatic carbocycles. The number of rotatable bonds is 3. The molecule has 1 heterocycles. The molecule has 0 radical (unpaired) electrons. The van der Waals surface area contributed by atoms with E-state index in [4.69, 9.17) is 5.11 Å². The molecule has 0 aliphatic heterocycles. The number of aromatic carboxylic acids is 1. The lowest BCUT2D eigenvalue weighted by atomic mass is 10.1. The van der Waals surface area contributed by atoms with Crippen LogP contribution in [0.15, 0.2) is 41.8 Å². The fraction of sp³-hybridized carbons (Fsp3) is 0.0833. The molecule has 2 rings (SSSR count). The molecule has 1 N–H and O–H groups in total. The maximum absolute atomic E-state index is 10.7. The van der Waals surface area contributed by atoms with Crippen LogP contribution in [0, 0.1) is 0 Å². The fourth-order valence-electron chi connectivity index (χ4n) is 1.41. The Labute approximate surface area is 91.8 Å². The van der Waals surface area contributed by atoms with Gasteiger partial charge in [-0.15, -0.1) is 11.3 Å². The molecule has 0 unspecified atom stereocenters. The second kappa shape index (κ2) is 4.28. The first-order valence-electron chi connectivity index (χ1n) is 4.60. The normalized spacial score (nSPS) is 10.1. The van der Waals surface area contributed by atoms with Gasteiger partial charge in [-0.25, -0.2) is 4.79 Å². The zero-order valence-corrected chi connectivity index (χ0v) is 8.83. The molecule has 15 heavy (non-hydrogen) atoms. The Morgan fingerprint density at radius 2 is 1.93 bits per heavy atom. The Kier molecular flexibility index (Phi) is 2.83. The number of hydrogen-bond donors (Lipinski definition) is 1. The minimum atomic E-state index is -0.848. The van der Waals surface area contributed by atoms with Gasteiger partial charge in [-0.2, -0.15) is 0 Å². The molecule has 2 nitrogen and oxygen atoms in total. The predicted octanol–water partition coefficient (Wildman–Crippen LogP) is 3.04. The first-order chi connectivity index (χ1) is 7.25. The van der Waals surface area contributed by atoms with Gasteiger partial charge in [-0.1, -0.05) is 30.3 Å². The Morgan fingerprint density at radius 3 is 2.53 bits per heavy atom. The van der Waals surface area contributed by atoms with Crippen molar-refractivity contribution in [2.45, 2.75) is 6.42 Å². The third kappa shape index (κ3) is 2.44. The molecule has 0 amide bonds. The van der Waals surface area contributed by atoms with E-state index in [-0.39, 0.29) is 0 Å². The third-order valence-electron chi connectivity index (χ3n) is 2.12. The van der Waals surface area contributed by atoms with Crippen molar-refractivity contribution >= 4 is 17.3 Å². The van der Waals surface area contributed by atoms with Gasteiger partial charge < -0.3 is 5.11 Å². The maximum Gasteiger partial charge on any atom is 0.345 e. The van der Waals surface area contributed by atoms with Crippen molar-refractivity contribution < 1.29 is 9.90 Å². The fourth-order valence-corrected chi connectivity index (χ4v) is 2.16. The molecule has 76 valence electrons. The second-order valence-corrected chi connectivity index (χ2v) is 4.20. The third-order valence-corrected chi connectivity index (χ3v) is 3.08. The molecule has 0 saturated carbocycles. The van der Waals surface area contributed by atoms with Crippen LogP contribution in [0.3, 0.4) is 0 Å². The van der Waals surface area contributed by atoms with Crippen LogP contribution >= 0.6 is 11.3 Å². The monoisotopic (exact) mass is 218 g/mol. The van der Waals surface area contributed by atoms with E-state index >= 15 is 0 Å². The summed E-state index contributed by atoms with van der Waals surface area (Å²) in [5.74, 6) is -0.848. The van der Waals surface area contributed by atoms with Gasteiger partial charge in [0, 0.05) is 0 Å². The second-order valence-electron chi connectivity index (χ2n) is 3.29. The molecule has 0 fully saturated rings. The highest BCUT2D eigenvalue weighted by Crippen LogP contribution is 2.17. The zero-order valence-electron chi connectivity index (χ0n) is 8.01. The number of carboxylic acids is 1. The topological polar surface area (TPSA) is 37.3 Å². The molecule has 0 spiro atoms. The summed E-state index contributed by atoms with van der Waals surface area (Å²) in [5.41, 5.74) is 2.26. The Hall–Kier alpha value is -1.61. The number of benzene rings is 1. The zero-order chi connectivity index (χ0) is 10.7. The highest BCUT2D eigenvalue weighted by molar-refractivity contribution is 7.12. The molecule has 0 atom stereocenters. The summed E-state index contributed by atoms with van der Waals surface area (Å²) < 4.78 is 0. The number of thiophene rings is 1. The Bertz CT molecular complexity index is 459. The van der Waals surface area contributed by atoms with Crippen LogP contribution in [0.1, 0.15) is 20.8 Å². The quantitative estimate of drug-likeness (QED) is 0.859. The minimum absolute atomic E-state index is 0.404. The van der Waals surface area contributed by atoms with Crippen molar-refractivity contribution in [1.82, 2.24) is 0 Å². The van der Waals surface area contributed by atoms with E-state index in [0.717, 1.165) is 12.0 Å². The van der Waals surface area contributed by atoms with Gasteiger partial charge in [-0.3, -0.25) is 0 Å². The van der Waals surface area contributed by atoms with Gasteiger partial charge in [0.15, 0.2) is 0 Å². The Balaban J connectivity index is 2.15. The summed E-state index contributed by atoms with van der Waals surface area (Å²) in [7, 11) is 0. The van der Waals surface area contributed by atoms with Crippen LogP contribution < -0.4 is 0 Å². The van der Waals surface area contributed by atoms with Crippen molar-refractivity contribution in [2.24, 2.45) is 0 Å². The molecular formula is C12H10O2S. The molecule has 2 aromatic rings. The minimum Gasteiger partial charge on any atom is -0.477 e. The van der Waals surface area contributed by atoms with E-state index in [1.54, 1.807) is 6.07 Å². The molecule has 0 aliphatic carbocycles. The lowest BCUT2D eigenvalue weighted by molar-refractivity contribution is 0.0702. The van der Waals surface area contributed by atoms with Crippen LogP contribution in [0.25, 0.3) is 0 Å². The van der Waals surface area contributed by atoms with Crippen molar-refractivity contribution in [1.29, 1.82) is 0 Å². The van der Waals surface area contributed by atoms with Crippen LogP contribution in [-0.2, 0) is 6.42 Å². The largest absolute Gasteiger partial charge is 0.477 e. The van der Waals surface area contributed by atoms with E-state index in [2.05, 4.69) is 0 Å². The molecule has 0 aliphatic rings. The number of carboxylic acid groups (broad SMARTS) is 1. The number of carbonyl (C=O) groups is 1. The maximum atomic E-state index is 10.7. The first-order valence-corrected chi connectivity index (χ1v) is 5.48. The summed E-state index contributed by atoms with van der Waals surface area (Å²) in [6.45, 7) is 0. The highest BCUT2D eigenvalue weighted by atomic mass is 32.1. The van der Waals surface area contributed by atoms with E-state index in [1.165, 1.54) is 16.9 Å². The summed E-state index contributed by atoms with van der Waals surface area (Å²) >= 11 is 1.28. The summed E-state index contributed by atoms with van der Waals surface area (Å²) in [5, 5.41) is 10.7. The lowest BCUT2D eigenvalue weighted by Gasteiger charge is -1.96. The molecule has 3 heteroatoms. The summed E-state index contributed by atoms with van der Waals surface area (Å²) in [6.07, 6.45) is 0.796. The predicted molar refractivity (Wildman–Crippen MR) is 60.5 cm³/mol. The van der Waals surface area contributed by atoms with E-state index < -0.39 is 5.97 Å². The van der Waals surface area contributed by atoms with Gasteiger partial charge >= 0.3 is 5.97 Å². The average Bonchev–Trinajstić information content (AvgIpc) is 2.68. The van der Waals surface area contributed by atoms with E-state index in [1.807, 2.05) is 35.7 Å². The van der Waals surface area contributed by atoms with Crippen LogP contribution in [0.4, 0.5) is 0 Å². The van der Waals surface area contributed by atoms with Crippen LogP contribution in [-0.4, -0.2) is 11.1 Å². The SMILES string of the molecule is O=C(O)c1cc(Cc2ccccc2)cs1. The van der Waals surface area contributed by atoms with Gasteiger partial charge in [0.2, 0.25) is 0 Å². The number of hydrogen-bond acceptors (Lipinski definition) is 2. The smallest absolute Gasteiger partial charge is 0.345 e. The van der Waals surface area contributed by atoms with Crippen molar-refractivity contribution in [2.75, 3.05) is 0 Å². The highest BCUT2D eigenvalue weighted by Gasteiger charge is 2.06. The molecule has 1 aromatic heterocycles. The van der Waals surface area contributed by atoms with Crippen molar-refractivity contribution in [3.05, 3.63) is 57.8 Å². The van der Waals surface area contributed by atoms with Crippen LogP contribution in [0.2, 0.25) is 0 Å². The van der Waals surface area contributed by atoms with Gasteiger partial charge in [-0.05, 0) is 29.0 Å². The summed E-state index contributed by atoms with van der Waals surface area (Å²) in [6, 6.07) is 11.8. The van der Waals surface area contributed by atoms with Gasteiger partial charge in [0.1, 0.15) is 4.88 Å².